The summed E-state index contributed by atoms with van der Waals surface area (Å²) < 4.78 is 18.4. The average molecular weight is 261 g/mol. The molecule has 2 aromatic carbocycles. The predicted octanol–water partition coefficient (Wildman–Crippen LogP) is 3.56. The first kappa shape index (κ1) is 12.5. The number of rotatable bonds is 3. The summed E-state index contributed by atoms with van der Waals surface area (Å²) in [5, 5.41) is 0. The lowest BCUT2D eigenvalue weighted by Crippen LogP contribution is -2.09. The van der Waals surface area contributed by atoms with Crippen LogP contribution in [0.3, 0.4) is 0 Å². The highest BCUT2D eigenvalue weighted by atomic mass is 32.1. The van der Waals surface area contributed by atoms with Crippen molar-refractivity contribution >= 4 is 17.2 Å². The van der Waals surface area contributed by atoms with E-state index in [0.717, 1.165) is 11.1 Å². The summed E-state index contributed by atoms with van der Waals surface area (Å²) in [5.41, 5.74) is 7.27. The van der Waals surface area contributed by atoms with E-state index >= 15 is 0 Å². The fourth-order valence-corrected chi connectivity index (χ4v) is 1.67. The van der Waals surface area contributed by atoms with Crippen LogP contribution in [0.5, 0.6) is 11.5 Å². The lowest BCUT2D eigenvalue weighted by molar-refractivity contribution is 0.477. The van der Waals surface area contributed by atoms with Gasteiger partial charge in [0.2, 0.25) is 0 Å². The summed E-state index contributed by atoms with van der Waals surface area (Å²) >= 11 is 4.90. The molecule has 0 radical (unpaired) electrons. The van der Waals surface area contributed by atoms with Crippen molar-refractivity contribution in [2.24, 2.45) is 5.73 Å². The third-order valence-electron chi connectivity index (χ3n) is 2.50. The van der Waals surface area contributed by atoms with Gasteiger partial charge in [-0.25, -0.2) is 4.39 Å². The number of ether oxygens (including phenoxy) is 1. The van der Waals surface area contributed by atoms with Gasteiger partial charge < -0.3 is 10.5 Å². The molecule has 0 atom stereocenters. The Morgan fingerprint density at radius 3 is 2.39 bits per heavy atom. The minimum atomic E-state index is -0.289. The van der Waals surface area contributed by atoms with Gasteiger partial charge in [0.25, 0.3) is 0 Å². The van der Waals surface area contributed by atoms with E-state index in [0.29, 0.717) is 16.5 Å². The predicted molar refractivity (Wildman–Crippen MR) is 73.5 cm³/mol. The minimum absolute atomic E-state index is 0.289. The lowest BCUT2D eigenvalue weighted by atomic mass is 10.1. The van der Waals surface area contributed by atoms with Crippen LogP contribution < -0.4 is 10.5 Å². The highest BCUT2D eigenvalue weighted by molar-refractivity contribution is 7.80. The van der Waals surface area contributed by atoms with Crippen molar-refractivity contribution < 1.29 is 9.13 Å². The van der Waals surface area contributed by atoms with Gasteiger partial charge in [-0.1, -0.05) is 12.2 Å². The molecule has 0 bridgehead atoms. The van der Waals surface area contributed by atoms with Crippen LogP contribution in [0.1, 0.15) is 11.1 Å². The van der Waals surface area contributed by atoms with Crippen LogP contribution >= 0.6 is 12.2 Å². The number of hydrogen-bond acceptors (Lipinski definition) is 2. The molecule has 0 aliphatic heterocycles. The second-order valence-electron chi connectivity index (χ2n) is 3.90. The summed E-state index contributed by atoms with van der Waals surface area (Å²) in [5.74, 6) is 0.993. The molecule has 2 nitrogen and oxygen atoms in total. The number of benzene rings is 2. The molecule has 0 spiro atoms. The molecular weight excluding hydrogens is 249 g/mol. The average Bonchev–Trinajstić information content (AvgIpc) is 2.34. The highest BCUT2D eigenvalue weighted by Crippen LogP contribution is 2.25. The van der Waals surface area contributed by atoms with Gasteiger partial charge in [0, 0.05) is 5.56 Å². The van der Waals surface area contributed by atoms with Gasteiger partial charge in [-0.3, -0.25) is 0 Å². The SMILES string of the molecule is Cc1cc(C(N)=S)ccc1Oc1ccc(F)cc1. The van der Waals surface area contributed by atoms with E-state index in [-0.39, 0.29) is 5.82 Å². The molecule has 2 N–H and O–H groups in total. The third kappa shape index (κ3) is 2.84. The zero-order valence-electron chi connectivity index (χ0n) is 9.81. The molecule has 18 heavy (non-hydrogen) atoms. The Bertz CT molecular complexity index is 581. The summed E-state index contributed by atoms with van der Waals surface area (Å²) in [6, 6.07) is 11.3. The van der Waals surface area contributed by atoms with E-state index in [2.05, 4.69) is 0 Å². The Balaban J connectivity index is 2.24. The second kappa shape index (κ2) is 5.14. The maximum Gasteiger partial charge on any atom is 0.130 e. The fraction of sp³-hybridized carbons (Fsp3) is 0.0714. The fourth-order valence-electron chi connectivity index (χ4n) is 1.55. The van der Waals surface area contributed by atoms with E-state index in [1.54, 1.807) is 24.3 Å². The van der Waals surface area contributed by atoms with Crippen LogP contribution in [0.15, 0.2) is 42.5 Å². The van der Waals surface area contributed by atoms with Crippen LogP contribution in [0.2, 0.25) is 0 Å². The molecule has 0 saturated heterocycles. The van der Waals surface area contributed by atoms with Gasteiger partial charge in [0.1, 0.15) is 22.3 Å². The van der Waals surface area contributed by atoms with Crippen LogP contribution in [-0.2, 0) is 0 Å². The summed E-state index contributed by atoms with van der Waals surface area (Å²) in [4.78, 5) is 0.353. The molecule has 0 unspecified atom stereocenters. The van der Waals surface area contributed by atoms with Gasteiger partial charge in [0.05, 0.1) is 0 Å². The first-order valence-electron chi connectivity index (χ1n) is 5.40. The van der Waals surface area contributed by atoms with E-state index in [1.807, 2.05) is 13.0 Å². The zero-order chi connectivity index (χ0) is 13.1. The third-order valence-corrected chi connectivity index (χ3v) is 2.74. The number of nitrogens with two attached hydrogens (primary N) is 1. The van der Waals surface area contributed by atoms with Crippen molar-refractivity contribution in [3.8, 4) is 11.5 Å². The molecule has 2 rings (SSSR count). The molecule has 0 aliphatic rings. The lowest BCUT2D eigenvalue weighted by Gasteiger charge is -2.09. The summed E-state index contributed by atoms with van der Waals surface area (Å²) in [6.07, 6.45) is 0. The van der Waals surface area contributed by atoms with Crippen molar-refractivity contribution in [1.29, 1.82) is 0 Å². The second-order valence-corrected chi connectivity index (χ2v) is 4.34. The van der Waals surface area contributed by atoms with Crippen molar-refractivity contribution in [3.63, 3.8) is 0 Å². The molecule has 2 aromatic rings. The molecule has 0 heterocycles. The van der Waals surface area contributed by atoms with Crippen molar-refractivity contribution in [2.75, 3.05) is 0 Å². The molecule has 4 heteroatoms. The Hall–Kier alpha value is -1.94. The van der Waals surface area contributed by atoms with Gasteiger partial charge in [-0.2, -0.15) is 0 Å². The molecule has 0 saturated carbocycles. The van der Waals surface area contributed by atoms with Gasteiger partial charge in [-0.05, 0) is 55.0 Å². The first-order chi connectivity index (χ1) is 8.56. The Labute approximate surface area is 110 Å². The van der Waals surface area contributed by atoms with Crippen LogP contribution in [0.4, 0.5) is 4.39 Å². The van der Waals surface area contributed by atoms with Crippen molar-refractivity contribution in [1.82, 2.24) is 0 Å². The molecule has 92 valence electrons. The first-order valence-corrected chi connectivity index (χ1v) is 5.81. The summed E-state index contributed by atoms with van der Waals surface area (Å²) in [7, 11) is 0. The van der Waals surface area contributed by atoms with Crippen LogP contribution in [0.25, 0.3) is 0 Å². The van der Waals surface area contributed by atoms with Gasteiger partial charge in [-0.15, -0.1) is 0 Å². The van der Waals surface area contributed by atoms with Crippen molar-refractivity contribution in [3.05, 3.63) is 59.4 Å². The Morgan fingerprint density at radius 1 is 1.17 bits per heavy atom. The number of hydrogen-bond donors (Lipinski definition) is 1. The minimum Gasteiger partial charge on any atom is -0.457 e. The maximum absolute atomic E-state index is 12.8. The normalized spacial score (nSPS) is 10.1. The molecular formula is C14H12FNOS. The van der Waals surface area contributed by atoms with E-state index in [4.69, 9.17) is 22.7 Å². The summed E-state index contributed by atoms with van der Waals surface area (Å²) in [6.45, 7) is 1.90. The molecule has 0 aromatic heterocycles. The van der Waals surface area contributed by atoms with Crippen molar-refractivity contribution in [2.45, 2.75) is 6.92 Å². The Morgan fingerprint density at radius 2 is 1.83 bits per heavy atom. The van der Waals surface area contributed by atoms with E-state index in [1.165, 1.54) is 12.1 Å². The molecule has 0 aliphatic carbocycles. The van der Waals surface area contributed by atoms with Gasteiger partial charge in [0.15, 0.2) is 0 Å². The standard InChI is InChI=1S/C14H12FNOS/c1-9-8-10(14(16)18)2-7-13(9)17-12-5-3-11(15)4-6-12/h2-8H,1H3,(H2,16,18). The molecule has 0 amide bonds. The number of aryl methyl sites for hydroxylation is 1. The van der Waals surface area contributed by atoms with Crippen LogP contribution in [0, 0.1) is 12.7 Å². The number of halogens is 1. The van der Waals surface area contributed by atoms with Gasteiger partial charge >= 0.3 is 0 Å². The van der Waals surface area contributed by atoms with E-state index in [9.17, 15) is 4.39 Å². The highest BCUT2D eigenvalue weighted by Gasteiger charge is 2.04. The quantitative estimate of drug-likeness (QED) is 0.858. The smallest absolute Gasteiger partial charge is 0.130 e. The van der Waals surface area contributed by atoms with E-state index < -0.39 is 0 Å². The zero-order valence-corrected chi connectivity index (χ0v) is 10.6. The largest absolute Gasteiger partial charge is 0.457 e. The number of thiocarbonyl (C=S) groups is 1. The Kier molecular flexibility index (Phi) is 3.58. The maximum atomic E-state index is 12.8. The van der Waals surface area contributed by atoms with Crippen LogP contribution in [-0.4, -0.2) is 4.99 Å². The monoisotopic (exact) mass is 261 g/mol. The molecule has 0 fully saturated rings. The topological polar surface area (TPSA) is 35.2 Å².